The number of piperidine rings is 1. The standard InChI is InChI=1S/C13H17F2NO2/c1-7(8-2-9(14)4-10(15)3-8)11-5-16-6-12(17)13(11)18/h2-4,7,11-13,16-18H,5-6H2,1H3/t7?,11-,12-,13-/m1/s1. The third kappa shape index (κ3) is 2.68. The van der Waals surface area contributed by atoms with Crippen molar-refractivity contribution in [1.29, 1.82) is 0 Å². The molecule has 1 heterocycles. The van der Waals surface area contributed by atoms with Crippen LogP contribution in [0, 0.1) is 17.6 Å². The Morgan fingerprint density at radius 1 is 1.17 bits per heavy atom. The lowest BCUT2D eigenvalue weighted by Gasteiger charge is -2.36. The van der Waals surface area contributed by atoms with Crippen molar-refractivity contribution in [1.82, 2.24) is 5.32 Å². The van der Waals surface area contributed by atoms with Gasteiger partial charge in [0.2, 0.25) is 0 Å². The van der Waals surface area contributed by atoms with Gasteiger partial charge in [0.25, 0.3) is 0 Å². The van der Waals surface area contributed by atoms with Crippen molar-refractivity contribution < 1.29 is 19.0 Å². The van der Waals surface area contributed by atoms with Crippen molar-refractivity contribution in [3.05, 3.63) is 35.4 Å². The summed E-state index contributed by atoms with van der Waals surface area (Å²) in [6.07, 6.45) is -1.72. The Balaban J connectivity index is 2.21. The number of hydrogen-bond acceptors (Lipinski definition) is 3. The Hall–Kier alpha value is -1.04. The second kappa shape index (κ2) is 5.30. The molecule has 5 heteroatoms. The largest absolute Gasteiger partial charge is 0.390 e. The summed E-state index contributed by atoms with van der Waals surface area (Å²) >= 11 is 0. The third-order valence-corrected chi connectivity index (χ3v) is 3.62. The van der Waals surface area contributed by atoms with Gasteiger partial charge in [0.15, 0.2) is 0 Å². The van der Waals surface area contributed by atoms with Crippen molar-refractivity contribution in [3.8, 4) is 0 Å². The lowest BCUT2D eigenvalue weighted by atomic mass is 9.80. The maximum absolute atomic E-state index is 13.2. The zero-order valence-corrected chi connectivity index (χ0v) is 10.1. The van der Waals surface area contributed by atoms with E-state index < -0.39 is 23.8 Å². The van der Waals surface area contributed by atoms with E-state index in [9.17, 15) is 19.0 Å². The molecule has 3 nitrogen and oxygen atoms in total. The minimum atomic E-state index is -0.882. The highest BCUT2D eigenvalue weighted by Crippen LogP contribution is 2.30. The summed E-state index contributed by atoms with van der Waals surface area (Å²) in [7, 11) is 0. The number of aliphatic hydroxyl groups is 2. The SMILES string of the molecule is CC(c1cc(F)cc(F)c1)[C@H]1CNC[C@@H](O)[C@@H]1O. The van der Waals surface area contributed by atoms with Crippen LogP contribution in [0.15, 0.2) is 18.2 Å². The van der Waals surface area contributed by atoms with Gasteiger partial charge in [0.1, 0.15) is 11.6 Å². The number of halogens is 2. The number of rotatable bonds is 2. The molecule has 18 heavy (non-hydrogen) atoms. The first-order valence-electron chi connectivity index (χ1n) is 6.02. The lowest BCUT2D eigenvalue weighted by Crippen LogP contribution is -2.51. The van der Waals surface area contributed by atoms with Crippen molar-refractivity contribution in [3.63, 3.8) is 0 Å². The molecule has 0 aromatic heterocycles. The summed E-state index contributed by atoms with van der Waals surface area (Å²) in [6, 6.07) is 3.35. The van der Waals surface area contributed by atoms with Crippen LogP contribution in [0.5, 0.6) is 0 Å². The fourth-order valence-corrected chi connectivity index (χ4v) is 2.48. The second-order valence-corrected chi connectivity index (χ2v) is 4.87. The van der Waals surface area contributed by atoms with E-state index in [0.717, 1.165) is 6.07 Å². The quantitative estimate of drug-likeness (QED) is 0.741. The fourth-order valence-electron chi connectivity index (χ4n) is 2.48. The van der Waals surface area contributed by atoms with E-state index >= 15 is 0 Å². The van der Waals surface area contributed by atoms with Crippen molar-refractivity contribution in [2.75, 3.05) is 13.1 Å². The van der Waals surface area contributed by atoms with Crippen LogP contribution in [-0.4, -0.2) is 35.5 Å². The Morgan fingerprint density at radius 3 is 2.39 bits per heavy atom. The van der Waals surface area contributed by atoms with Gasteiger partial charge in [-0.15, -0.1) is 0 Å². The predicted molar refractivity (Wildman–Crippen MR) is 63.1 cm³/mol. The molecule has 0 amide bonds. The summed E-state index contributed by atoms with van der Waals surface area (Å²) in [5, 5.41) is 22.5. The minimum Gasteiger partial charge on any atom is -0.390 e. The summed E-state index contributed by atoms with van der Waals surface area (Å²) in [6.45, 7) is 2.64. The van der Waals surface area contributed by atoms with Gasteiger partial charge in [-0.2, -0.15) is 0 Å². The van der Waals surface area contributed by atoms with Crippen LogP contribution in [-0.2, 0) is 0 Å². The van der Waals surface area contributed by atoms with Gasteiger partial charge in [-0.1, -0.05) is 6.92 Å². The highest BCUT2D eigenvalue weighted by Gasteiger charge is 2.34. The molecule has 0 saturated carbocycles. The van der Waals surface area contributed by atoms with Crippen LogP contribution in [0.2, 0.25) is 0 Å². The molecule has 1 fully saturated rings. The molecule has 1 aliphatic heterocycles. The molecule has 4 atom stereocenters. The van der Waals surface area contributed by atoms with Crippen LogP contribution in [0.1, 0.15) is 18.4 Å². The zero-order valence-electron chi connectivity index (χ0n) is 10.1. The van der Waals surface area contributed by atoms with Gasteiger partial charge in [0.05, 0.1) is 12.2 Å². The van der Waals surface area contributed by atoms with Crippen LogP contribution in [0.25, 0.3) is 0 Å². The van der Waals surface area contributed by atoms with Crippen LogP contribution >= 0.6 is 0 Å². The number of β-amino-alcohol motifs (C(OH)–C–C–N with tert-alkyl or cyclic N) is 1. The highest BCUT2D eigenvalue weighted by molar-refractivity contribution is 5.23. The minimum absolute atomic E-state index is 0.243. The van der Waals surface area contributed by atoms with Gasteiger partial charge in [-0.05, 0) is 23.6 Å². The van der Waals surface area contributed by atoms with Gasteiger partial charge in [0, 0.05) is 25.1 Å². The molecule has 0 bridgehead atoms. The number of aliphatic hydroxyl groups excluding tert-OH is 2. The summed E-state index contributed by atoms with van der Waals surface area (Å²) in [5.74, 6) is -1.77. The molecule has 0 aliphatic carbocycles. The number of nitrogens with one attached hydrogen (secondary N) is 1. The Bertz CT molecular complexity index is 407. The van der Waals surface area contributed by atoms with E-state index in [1.165, 1.54) is 12.1 Å². The topological polar surface area (TPSA) is 52.5 Å². The molecule has 1 aliphatic rings. The fraction of sp³-hybridized carbons (Fsp3) is 0.538. The monoisotopic (exact) mass is 257 g/mol. The van der Waals surface area contributed by atoms with Gasteiger partial charge < -0.3 is 15.5 Å². The van der Waals surface area contributed by atoms with E-state index in [1.54, 1.807) is 6.92 Å². The lowest BCUT2D eigenvalue weighted by molar-refractivity contribution is -0.0410. The molecule has 3 N–H and O–H groups in total. The number of hydrogen-bond donors (Lipinski definition) is 3. The first-order valence-corrected chi connectivity index (χ1v) is 6.02. The highest BCUT2D eigenvalue weighted by atomic mass is 19.1. The zero-order chi connectivity index (χ0) is 13.3. The molecular weight excluding hydrogens is 240 g/mol. The normalized spacial score (nSPS) is 30.2. The van der Waals surface area contributed by atoms with Gasteiger partial charge in [-0.25, -0.2) is 8.78 Å². The average molecular weight is 257 g/mol. The third-order valence-electron chi connectivity index (χ3n) is 3.62. The molecule has 1 aromatic carbocycles. The van der Waals surface area contributed by atoms with Crippen LogP contribution < -0.4 is 5.32 Å². The first kappa shape index (κ1) is 13.4. The van der Waals surface area contributed by atoms with Crippen LogP contribution in [0.3, 0.4) is 0 Å². The summed E-state index contributed by atoms with van der Waals surface area (Å²) < 4.78 is 26.3. The Morgan fingerprint density at radius 2 is 1.78 bits per heavy atom. The Labute approximate surface area is 104 Å². The average Bonchev–Trinajstić information content (AvgIpc) is 2.30. The molecule has 0 spiro atoms. The molecule has 100 valence electrons. The van der Waals surface area contributed by atoms with E-state index in [2.05, 4.69) is 5.32 Å². The maximum Gasteiger partial charge on any atom is 0.126 e. The smallest absolute Gasteiger partial charge is 0.126 e. The molecule has 2 rings (SSSR count). The number of benzene rings is 1. The second-order valence-electron chi connectivity index (χ2n) is 4.87. The van der Waals surface area contributed by atoms with E-state index in [-0.39, 0.29) is 11.8 Å². The molecule has 1 saturated heterocycles. The van der Waals surface area contributed by atoms with Crippen LogP contribution in [0.4, 0.5) is 8.78 Å². The van der Waals surface area contributed by atoms with Gasteiger partial charge in [-0.3, -0.25) is 0 Å². The summed E-state index contributed by atoms with van der Waals surface area (Å²) in [5.41, 5.74) is 0.493. The summed E-state index contributed by atoms with van der Waals surface area (Å²) in [4.78, 5) is 0. The van der Waals surface area contributed by atoms with Gasteiger partial charge >= 0.3 is 0 Å². The van der Waals surface area contributed by atoms with Crippen molar-refractivity contribution >= 4 is 0 Å². The van der Waals surface area contributed by atoms with E-state index in [1.807, 2.05) is 0 Å². The Kier molecular flexibility index (Phi) is 3.94. The van der Waals surface area contributed by atoms with E-state index in [4.69, 9.17) is 0 Å². The maximum atomic E-state index is 13.2. The molecule has 1 unspecified atom stereocenters. The molecule has 1 aromatic rings. The van der Waals surface area contributed by atoms with E-state index in [0.29, 0.717) is 18.7 Å². The van der Waals surface area contributed by atoms with Crippen molar-refractivity contribution in [2.45, 2.75) is 25.0 Å². The first-order chi connectivity index (χ1) is 8.49. The molecule has 0 radical (unpaired) electrons. The van der Waals surface area contributed by atoms with Crippen molar-refractivity contribution in [2.24, 2.45) is 5.92 Å². The predicted octanol–water partition coefficient (Wildman–Crippen LogP) is 1.01. The molecular formula is C13H17F2NO2.